The lowest BCUT2D eigenvalue weighted by Crippen LogP contribution is -2.25. The van der Waals surface area contributed by atoms with Crippen molar-refractivity contribution in [2.24, 2.45) is 11.1 Å². The van der Waals surface area contributed by atoms with Crippen molar-refractivity contribution < 1.29 is 16.8 Å². The van der Waals surface area contributed by atoms with Crippen molar-refractivity contribution in [1.82, 2.24) is 4.72 Å². The van der Waals surface area contributed by atoms with Gasteiger partial charge in [-0.3, -0.25) is 0 Å². The van der Waals surface area contributed by atoms with E-state index in [1.54, 1.807) is 0 Å². The molecule has 1 aromatic rings. The van der Waals surface area contributed by atoms with Crippen molar-refractivity contribution in [3.8, 4) is 0 Å². The van der Waals surface area contributed by atoms with Crippen LogP contribution in [0.2, 0.25) is 0 Å². The molecule has 6 nitrogen and oxygen atoms in total. The molecule has 0 spiro atoms. The first-order valence-electron chi connectivity index (χ1n) is 6.41. The Labute approximate surface area is 119 Å². The normalized spacial score (nSPS) is 16.2. The van der Waals surface area contributed by atoms with Crippen molar-refractivity contribution in [3.63, 3.8) is 0 Å². The van der Waals surface area contributed by atoms with E-state index >= 15 is 0 Å². The molecule has 1 fully saturated rings. The molecule has 0 atom stereocenters. The van der Waals surface area contributed by atoms with Crippen molar-refractivity contribution in [3.05, 3.63) is 24.3 Å². The second-order valence-electron chi connectivity index (χ2n) is 5.00. The van der Waals surface area contributed by atoms with Crippen molar-refractivity contribution >= 4 is 20.0 Å². The second-order valence-corrected chi connectivity index (χ2v) is 8.33. The van der Waals surface area contributed by atoms with Gasteiger partial charge in [0.2, 0.25) is 20.0 Å². The standard InChI is InChI=1S/C12H18N2O4S2/c13-19(15,16)11-5-7-12(8-6-11)20(17,18)14-9-1-2-10-3-4-10/h5-8,10,14H,1-4,9H2,(H2,13,15,16). The maximum absolute atomic E-state index is 12.0. The fourth-order valence-corrected chi connectivity index (χ4v) is 3.49. The minimum atomic E-state index is -3.80. The Bertz CT molecular complexity index is 662. The third kappa shape index (κ3) is 4.27. The molecule has 1 saturated carbocycles. The molecule has 0 amide bonds. The third-order valence-electron chi connectivity index (χ3n) is 3.24. The Morgan fingerprint density at radius 1 is 1.05 bits per heavy atom. The van der Waals surface area contributed by atoms with Crippen LogP contribution in [0.25, 0.3) is 0 Å². The molecule has 3 N–H and O–H groups in total. The van der Waals surface area contributed by atoms with Crippen molar-refractivity contribution in [1.29, 1.82) is 0 Å². The summed E-state index contributed by atoms with van der Waals surface area (Å²) in [5.41, 5.74) is 0. The monoisotopic (exact) mass is 318 g/mol. The Balaban J connectivity index is 1.97. The molecule has 1 aliphatic rings. The lowest BCUT2D eigenvalue weighted by molar-refractivity contribution is 0.572. The highest BCUT2D eigenvalue weighted by Crippen LogP contribution is 2.33. The number of benzene rings is 1. The average Bonchev–Trinajstić information content (AvgIpc) is 3.18. The third-order valence-corrected chi connectivity index (χ3v) is 5.65. The predicted octanol–water partition coefficient (Wildman–Crippen LogP) is 0.802. The summed E-state index contributed by atoms with van der Waals surface area (Å²) in [6.45, 7) is 0.399. The molecule has 0 aromatic heterocycles. The molecule has 8 heteroatoms. The minimum Gasteiger partial charge on any atom is -0.225 e. The van der Waals surface area contributed by atoms with Crippen LogP contribution in [-0.4, -0.2) is 23.4 Å². The summed E-state index contributed by atoms with van der Waals surface area (Å²) < 4.78 is 48.6. The number of hydrogen-bond donors (Lipinski definition) is 2. The van der Waals surface area contributed by atoms with Crippen LogP contribution in [0.4, 0.5) is 0 Å². The maximum Gasteiger partial charge on any atom is 0.240 e. The van der Waals surface area contributed by atoms with E-state index in [2.05, 4.69) is 4.72 Å². The van der Waals surface area contributed by atoms with Crippen LogP contribution in [0.15, 0.2) is 34.1 Å². The second kappa shape index (κ2) is 5.80. The SMILES string of the molecule is NS(=O)(=O)c1ccc(S(=O)(=O)NCCCC2CC2)cc1. The van der Waals surface area contributed by atoms with E-state index < -0.39 is 20.0 Å². The van der Waals surface area contributed by atoms with Crippen molar-refractivity contribution in [2.45, 2.75) is 35.5 Å². The van der Waals surface area contributed by atoms with Gasteiger partial charge < -0.3 is 0 Å². The lowest BCUT2D eigenvalue weighted by atomic mass is 10.2. The molecule has 0 saturated heterocycles. The van der Waals surface area contributed by atoms with Gasteiger partial charge in [-0.25, -0.2) is 26.7 Å². The van der Waals surface area contributed by atoms with Crippen LogP contribution < -0.4 is 9.86 Å². The number of hydrogen-bond acceptors (Lipinski definition) is 4. The van der Waals surface area contributed by atoms with E-state index in [9.17, 15) is 16.8 Å². The maximum atomic E-state index is 12.0. The summed E-state index contributed by atoms with van der Waals surface area (Å²) in [6, 6.07) is 4.86. The molecule has 0 radical (unpaired) electrons. The van der Waals surface area contributed by atoms with Gasteiger partial charge in [-0.15, -0.1) is 0 Å². The Morgan fingerprint density at radius 3 is 2.10 bits per heavy atom. The van der Waals surface area contributed by atoms with Gasteiger partial charge in [0, 0.05) is 6.54 Å². The zero-order chi connectivity index (χ0) is 14.8. The molecular weight excluding hydrogens is 300 g/mol. The number of nitrogens with one attached hydrogen (secondary N) is 1. The summed E-state index contributed by atoms with van der Waals surface area (Å²) >= 11 is 0. The minimum absolute atomic E-state index is 0.0383. The van der Waals surface area contributed by atoms with Crippen LogP contribution >= 0.6 is 0 Å². The van der Waals surface area contributed by atoms with E-state index in [1.807, 2.05) is 0 Å². The average molecular weight is 318 g/mol. The highest BCUT2D eigenvalue weighted by molar-refractivity contribution is 7.89. The van der Waals surface area contributed by atoms with E-state index in [-0.39, 0.29) is 9.79 Å². The summed E-state index contributed by atoms with van der Waals surface area (Å²) in [7, 11) is -7.39. The quantitative estimate of drug-likeness (QED) is 0.725. The number of rotatable bonds is 7. The van der Waals surface area contributed by atoms with Crippen molar-refractivity contribution in [2.75, 3.05) is 6.54 Å². The summed E-state index contributed by atoms with van der Waals surface area (Å²) in [6.07, 6.45) is 4.37. The first-order chi connectivity index (χ1) is 9.29. The Morgan fingerprint density at radius 2 is 1.60 bits per heavy atom. The summed E-state index contributed by atoms with van der Waals surface area (Å²) in [4.78, 5) is -0.0681. The van der Waals surface area contributed by atoms with Crippen LogP contribution in [-0.2, 0) is 20.0 Å². The predicted molar refractivity (Wildman–Crippen MR) is 75.0 cm³/mol. The molecule has 112 valence electrons. The van der Waals surface area contributed by atoms with E-state index in [0.29, 0.717) is 6.54 Å². The smallest absolute Gasteiger partial charge is 0.225 e. The van der Waals surface area contributed by atoms with Gasteiger partial charge in [0.25, 0.3) is 0 Å². The van der Waals surface area contributed by atoms with Crippen LogP contribution in [0.1, 0.15) is 25.7 Å². The van der Waals surface area contributed by atoms with Gasteiger partial charge in [-0.05, 0) is 43.0 Å². The van der Waals surface area contributed by atoms with E-state index in [4.69, 9.17) is 5.14 Å². The topological polar surface area (TPSA) is 106 Å². The van der Waals surface area contributed by atoms with E-state index in [0.717, 1.165) is 18.8 Å². The zero-order valence-electron chi connectivity index (χ0n) is 10.9. The summed E-state index contributed by atoms with van der Waals surface area (Å²) in [5.74, 6) is 0.772. The molecule has 0 bridgehead atoms. The molecule has 1 aromatic carbocycles. The zero-order valence-corrected chi connectivity index (χ0v) is 12.6. The largest absolute Gasteiger partial charge is 0.240 e. The molecule has 0 aliphatic heterocycles. The molecule has 0 heterocycles. The molecular formula is C12H18N2O4S2. The Hall–Kier alpha value is -0.960. The fourth-order valence-electron chi connectivity index (χ4n) is 1.90. The fraction of sp³-hybridized carbons (Fsp3) is 0.500. The first-order valence-corrected chi connectivity index (χ1v) is 9.44. The van der Waals surface area contributed by atoms with Gasteiger partial charge in [-0.2, -0.15) is 0 Å². The molecule has 2 rings (SSSR count). The molecule has 20 heavy (non-hydrogen) atoms. The number of primary sulfonamides is 1. The highest BCUT2D eigenvalue weighted by Gasteiger charge is 2.21. The highest BCUT2D eigenvalue weighted by atomic mass is 32.2. The van der Waals surface area contributed by atoms with Crippen LogP contribution in [0, 0.1) is 5.92 Å². The first kappa shape index (κ1) is 15.4. The Kier molecular flexibility index (Phi) is 4.48. The summed E-state index contributed by atoms with van der Waals surface area (Å²) in [5, 5.41) is 4.96. The van der Waals surface area contributed by atoms with E-state index in [1.165, 1.54) is 37.1 Å². The van der Waals surface area contributed by atoms with Gasteiger partial charge in [0.1, 0.15) is 0 Å². The number of sulfonamides is 2. The lowest BCUT2D eigenvalue weighted by Gasteiger charge is -2.07. The molecule has 0 unspecified atom stereocenters. The van der Waals surface area contributed by atoms with Gasteiger partial charge in [0.15, 0.2) is 0 Å². The van der Waals surface area contributed by atoms with Crippen LogP contribution in [0.3, 0.4) is 0 Å². The van der Waals surface area contributed by atoms with Crippen LogP contribution in [0.5, 0.6) is 0 Å². The van der Waals surface area contributed by atoms with Gasteiger partial charge >= 0.3 is 0 Å². The van der Waals surface area contributed by atoms with Gasteiger partial charge in [-0.1, -0.05) is 12.8 Å². The number of nitrogens with two attached hydrogens (primary N) is 1. The molecule has 1 aliphatic carbocycles. The van der Waals surface area contributed by atoms with Gasteiger partial charge in [0.05, 0.1) is 9.79 Å².